The molecule has 1 aromatic carbocycles. The molecule has 0 aliphatic rings. The van der Waals surface area contributed by atoms with Crippen molar-refractivity contribution in [1.29, 1.82) is 0 Å². The minimum absolute atomic E-state index is 0. The Morgan fingerprint density at radius 1 is 1.37 bits per heavy atom. The molecule has 0 aliphatic heterocycles. The molecular weight excluding hydrogens is 464 g/mol. The average Bonchev–Trinajstić information content (AvgIpc) is 3.05. The summed E-state index contributed by atoms with van der Waals surface area (Å²) in [6.45, 7) is 5.11. The Balaban J connectivity index is 0.00000364. The van der Waals surface area contributed by atoms with Crippen LogP contribution in [0.1, 0.15) is 31.5 Å². The van der Waals surface area contributed by atoms with Crippen LogP contribution in [0.15, 0.2) is 33.8 Å². The zero-order chi connectivity index (χ0) is 18.8. The van der Waals surface area contributed by atoms with Gasteiger partial charge in [-0.15, -0.1) is 24.0 Å². The third kappa shape index (κ3) is 8.55. The number of hydrogen-bond donors (Lipinski definition) is 2. The van der Waals surface area contributed by atoms with E-state index in [4.69, 9.17) is 9.26 Å². The molecule has 150 valence electrons. The second-order valence-corrected chi connectivity index (χ2v) is 5.82. The van der Waals surface area contributed by atoms with Gasteiger partial charge in [0, 0.05) is 26.1 Å². The Morgan fingerprint density at radius 2 is 2.19 bits per heavy atom. The van der Waals surface area contributed by atoms with Crippen LogP contribution in [0.5, 0.6) is 5.75 Å². The normalized spacial score (nSPS) is 12.2. The number of guanidine groups is 1. The Morgan fingerprint density at radius 3 is 2.81 bits per heavy atom. The van der Waals surface area contributed by atoms with Crippen molar-refractivity contribution in [2.24, 2.45) is 4.99 Å². The molecule has 1 atom stereocenters. The summed E-state index contributed by atoms with van der Waals surface area (Å²) < 4.78 is 24.1. The molecule has 0 spiro atoms. The fourth-order valence-corrected chi connectivity index (χ4v) is 2.32. The predicted molar refractivity (Wildman–Crippen MR) is 113 cm³/mol. The Bertz CT molecular complexity index is 711. The van der Waals surface area contributed by atoms with Gasteiger partial charge in [0.05, 0.1) is 6.54 Å². The SMILES string of the molecule is CCC(CNC(=NC)NCCCc1nc(C)no1)Oc1cccc(F)c1.I. The molecule has 0 bridgehead atoms. The summed E-state index contributed by atoms with van der Waals surface area (Å²) in [6.07, 6.45) is 2.26. The van der Waals surface area contributed by atoms with E-state index in [2.05, 4.69) is 25.8 Å². The largest absolute Gasteiger partial charge is 0.489 e. The Labute approximate surface area is 176 Å². The van der Waals surface area contributed by atoms with Crippen molar-refractivity contribution >= 4 is 29.9 Å². The number of rotatable bonds is 9. The van der Waals surface area contributed by atoms with Gasteiger partial charge in [-0.1, -0.05) is 18.1 Å². The van der Waals surface area contributed by atoms with E-state index in [0.29, 0.717) is 36.4 Å². The van der Waals surface area contributed by atoms with Gasteiger partial charge in [-0.3, -0.25) is 4.99 Å². The minimum Gasteiger partial charge on any atom is -0.489 e. The standard InChI is InChI=1S/C18H26FN5O2.HI/c1-4-15(25-16-8-5-7-14(19)11-16)12-22-18(20-3)21-10-6-9-17-23-13(2)24-26-17;/h5,7-8,11,15H,4,6,9-10,12H2,1-3H3,(H2,20,21,22);1H. The maximum Gasteiger partial charge on any atom is 0.226 e. The van der Waals surface area contributed by atoms with E-state index in [0.717, 1.165) is 19.4 Å². The summed E-state index contributed by atoms with van der Waals surface area (Å²) >= 11 is 0. The van der Waals surface area contributed by atoms with E-state index < -0.39 is 0 Å². The number of nitrogens with zero attached hydrogens (tertiary/aromatic N) is 3. The minimum atomic E-state index is -0.306. The zero-order valence-corrected chi connectivity index (χ0v) is 18.2. The third-order valence-electron chi connectivity index (χ3n) is 3.70. The lowest BCUT2D eigenvalue weighted by Gasteiger charge is -2.20. The smallest absolute Gasteiger partial charge is 0.226 e. The fourth-order valence-electron chi connectivity index (χ4n) is 2.32. The quantitative estimate of drug-likeness (QED) is 0.243. The number of aliphatic imine (C=N–C) groups is 1. The third-order valence-corrected chi connectivity index (χ3v) is 3.70. The van der Waals surface area contributed by atoms with Crippen molar-refractivity contribution in [1.82, 2.24) is 20.8 Å². The first-order valence-electron chi connectivity index (χ1n) is 8.76. The molecular formula is C18H27FIN5O2. The van der Waals surface area contributed by atoms with Crippen LogP contribution >= 0.6 is 24.0 Å². The summed E-state index contributed by atoms with van der Waals surface area (Å²) in [6, 6.07) is 6.16. The van der Waals surface area contributed by atoms with Gasteiger partial charge in [-0.25, -0.2) is 4.39 Å². The molecule has 1 aromatic heterocycles. The molecule has 9 heteroatoms. The van der Waals surface area contributed by atoms with Crippen LogP contribution in [0.25, 0.3) is 0 Å². The molecule has 1 heterocycles. The van der Waals surface area contributed by atoms with Gasteiger partial charge in [0.2, 0.25) is 5.89 Å². The topological polar surface area (TPSA) is 84.6 Å². The number of ether oxygens (including phenoxy) is 1. The van der Waals surface area contributed by atoms with E-state index in [1.165, 1.54) is 12.1 Å². The van der Waals surface area contributed by atoms with Crippen molar-refractivity contribution in [3.8, 4) is 5.75 Å². The van der Waals surface area contributed by atoms with Crippen LogP contribution < -0.4 is 15.4 Å². The zero-order valence-electron chi connectivity index (χ0n) is 15.9. The van der Waals surface area contributed by atoms with E-state index in [-0.39, 0.29) is 35.9 Å². The molecule has 0 amide bonds. The highest BCUT2D eigenvalue weighted by Gasteiger charge is 2.10. The van der Waals surface area contributed by atoms with Gasteiger partial charge < -0.3 is 19.9 Å². The Hall–Kier alpha value is -1.91. The van der Waals surface area contributed by atoms with Crippen LogP contribution in [0, 0.1) is 12.7 Å². The lowest BCUT2D eigenvalue weighted by molar-refractivity contribution is 0.199. The molecule has 0 radical (unpaired) electrons. The van der Waals surface area contributed by atoms with E-state index in [9.17, 15) is 4.39 Å². The first-order valence-corrected chi connectivity index (χ1v) is 8.76. The van der Waals surface area contributed by atoms with E-state index in [1.807, 2.05) is 6.92 Å². The van der Waals surface area contributed by atoms with Crippen molar-refractivity contribution in [3.05, 3.63) is 41.8 Å². The summed E-state index contributed by atoms with van der Waals surface area (Å²) in [7, 11) is 1.71. The van der Waals surface area contributed by atoms with Crippen molar-refractivity contribution in [2.75, 3.05) is 20.1 Å². The van der Waals surface area contributed by atoms with Gasteiger partial charge in [-0.05, 0) is 31.9 Å². The van der Waals surface area contributed by atoms with E-state index in [1.54, 1.807) is 26.1 Å². The molecule has 1 unspecified atom stereocenters. The van der Waals surface area contributed by atoms with Gasteiger partial charge in [0.25, 0.3) is 0 Å². The molecule has 0 fully saturated rings. The van der Waals surface area contributed by atoms with Crippen LogP contribution in [0.3, 0.4) is 0 Å². The van der Waals surface area contributed by atoms with Crippen LogP contribution in [0.2, 0.25) is 0 Å². The number of hydrogen-bond acceptors (Lipinski definition) is 5. The van der Waals surface area contributed by atoms with Crippen molar-refractivity contribution < 1.29 is 13.7 Å². The predicted octanol–water partition coefficient (Wildman–Crippen LogP) is 3.09. The van der Waals surface area contributed by atoms with Crippen LogP contribution in [-0.2, 0) is 6.42 Å². The highest BCUT2D eigenvalue weighted by atomic mass is 127. The monoisotopic (exact) mass is 491 g/mol. The van der Waals surface area contributed by atoms with Gasteiger partial charge in [0.1, 0.15) is 17.7 Å². The first kappa shape index (κ1) is 23.1. The number of nitrogens with one attached hydrogen (secondary N) is 2. The van der Waals surface area contributed by atoms with Gasteiger partial charge >= 0.3 is 0 Å². The summed E-state index contributed by atoms with van der Waals surface area (Å²) in [5, 5.41) is 10.2. The second-order valence-electron chi connectivity index (χ2n) is 5.82. The highest BCUT2D eigenvalue weighted by Crippen LogP contribution is 2.14. The molecule has 0 saturated carbocycles. The number of aryl methyl sites for hydroxylation is 2. The van der Waals surface area contributed by atoms with Crippen LogP contribution in [-0.4, -0.2) is 42.3 Å². The summed E-state index contributed by atoms with van der Waals surface area (Å²) in [5.74, 6) is 2.19. The number of aromatic nitrogens is 2. The lowest BCUT2D eigenvalue weighted by atomic mass is 10.2. The number of halogens is 2. The number of benzene rings is 1. The van der Waals surface area contributed by atoms with Crippen molar-refractivity contribution in [2.45, 2.75) is 39.2 Å². The maximum absolute atomic E-state index is 13.2. The van der Waals surface area contributed by atoms with Gasteiger partial charge in [0.15, 0.2) is 11.8 Å². The molecule has 2 N–H and O–H groups in total. The van der Waals surface area contributed by atoms with Gasteiger partial charge in [-0.2, -0.15) is 4.98 Å². The van der Waals surface area contributed by atoms with E-state index >= 15 is 0 Å². The second kappa shape index (κ2) is 12.5. The molecule has 0 aliphatic carbocycles. The van der Waals surface area contributed by atoms with Crippen molar-refractivity contribution in [3.63, 3.8) is 0 Å². The Kier molecular flexibility index (Phi) is 10.7. The molecule has 7 nitrogen and oxygen atoms in total. The highest BCUT2D eigenvalue weighted by molar-refractivity contribution is 14.0. The molecule has 2 rings (SSSR count). The first-order chi connectivity index (χ1) is 12.6. The summed E-state index contributed by atoms with van der Waals surface area (Å²) in [5.41, 5.74) is 0. The lowest BCUT2D eigenvalue weighted by Crippen LogP contribution is -2.42. The fraction of sp³-hybridized carbons (Fsp3) is 0.500. The molecule has 27 heavy (non-hydrogen) atoms. The van der Waals surface area contributed by atoms with Crippen LogP contribution in [0.4, 0.5) is 4.39 Å². The summed E-state index contributed by atoms with van der Waals surface area (Å²) in [4.78, 5) is 8.36. The molecule has 2 aromatic rings. The molecule has 0 saturated heterocycles. The average molecular weight is 491 g/mol. The maximum atomic E-state index is 13.2.